The zero-order valence-corrected chi connectivity index (χ0v) is 16.6. The smallest absolute Gasteiger partial charge is 0.338 e. The Balaban J connectivity index is 2.73. The molecule has 0 bridgehead atoms. The molecule has 8 heteroatoms. The van der Waals surface area contributed by atoms with E-state index >= 15 is 0 Å². The third-order valence-corrected chi connectivity index (χ3v) is 5.84. The lowest BCUT2D eigenvalue weighted by atomic mass is 10.1. The summed E-state index contributed by atoms with van der Waals surface area (Å²) in [6.45, 7) is 8.38. The lowest BCUT2D eigenvalue weighted by Crippen LogP contribution is -2.31. The van der Waals surface area contributed by atoms with Crippen LogP contribution in [-0.4, -0.2) is 50.8 Å². The molecule has 0 spiro atoms. The van der Waals surface area contributed by atoms with Crippen LogP contribution < -0.4 is 5.32 Å². The van der Waals surface area contributed by atoms with Crippen molar-refractivity contribution in [2.45, 2.75) is 39.0 Å². The maximum absolute atomic E-state index is 12.5. The monoisotopic (exact) mass is 384 g/mol. The molecule has 0 aliphatic carbocycles. The largest absolute Gasteiger partial charge is 0.452 e. The van der Waals surface area contributed by atoms with Crippen LogP contribution in [0.2, 0.25) is 0 Å². The van der Waals surface area contributed by atoms with E-state index in [-0.39, 0.29) is 16.4 Å². The number of rotatable bonds is 10. The molecule has 0 radical (unpaired) electrons. The highest BCUT2D eigenvalue weighted by atomic mass is 32.2. The molecule has 1 aromatic carbocycles. The van der Waals surface area contributed by atoms with E-state index in [2.05, 4.69) is 5.32 Å². The summed E-state index contributed by atoms with van der Waals surface area (Å²) in [4.78, 5) is 23.8. The first-order valence-corrected chi connectivity index (χ1v) is 10.2. The third-order valence-electron chi connectivity index (χ3n) is 3.79. The summed E-state index contributed by atoms with van der Waals surface area (Å²) >= 11 is 0. The fourth-order valence-electron chi connectivity index (χ4n) is 2.26. The molecule has 26 heavy (non-hydrogen) atoms. The molecule has 0 saturated heterocycles. The van der Waals surface area contributed by atoms with Gasteiger partial charge < -0.3 is 10.1 Å². The normalized spacial score (nSPS) is 11.6. The Morgan fingerprint density at radius 3 is 2.42 bits per heavy atom. The maximum Gasteiger partial charge on any atom is 0.338 e. The Morgan fingerprint density at radius 1 is 1.19 bits per heavy atom. The molecule has 0 fully saturated rings. The lowest BCUT2D eigenvalue weighted by Gasteiger charge is -2.18. The maximum atomic E-state index is 12.5. The van der Waals surface area contributed by atoms with E-state index in [0.717, 1.165) is 6.42 Å². The zero-order valence-electron chi connectivity index (χ0n) is 15.8. The van der Waals surface area contributed by atoms with Crippen molar-refractivity contribution >= 4 is 21.9 Å². The predicted molar refractivity (Wildman–Crippen MR) is 99.3 cm³/mol. The minimum atomic E-state index is -3.66. The van der Waals surface area contributed by atoms with Crippen molar-refractivity contribution in [3.63, 3.8) is 0 Å². The molecule has 1 amide bonds. The molecule has 146 valence electrons. The molecule has 0 heterocycles. The molecule has 0 aliphatic rings. The van der Waals surface area contributed by atoms with Crippen molar-refractivity contribution in [2.24, 2.45) is 5.92 Å². The SMILES string of the molecule is CCN(CC)S(=O)(=O)c1cccc(C(=O)OCC(=O)NCCC(C)C)c1. The summed E-state index contributed by atoms with van der Waals surface area (Å²) in [5.74, 6) is -0.653. The summed E-state index contributed by atoms with van der Waals surface area (Å²) in [5, 5.41) is 2.67. The van der Waals surface area contributed by atoms with E-state index in [1.54, 1.807) is 13.8 Å². The Morgan fingerprint density at radius 2 is 1.85 bits per heavy atom. The number of nitrogens with zero attached hydrogens (tertiary/aromatic N) is 1. The van der Waals surface area contributed by atoms with Crippen molar-refractivity contribution < 1.29 is 22.7 Å². The zero-order chi connectivity index (χ0) is 19.7. The fourth-order valence-corrected chi connectivity index (χ4v) is 3.77. The Kier molecular flexibility index (Phi) is 8.74. The predicted octanol–water partition coefficient (Wildman–Crippen LogP) is 2.04. The Bertz CT molecular complexity index is 712. The van der Waals surface area contributed by atoms with Gasteiger partial charge in [-0.25, -0.2) is 13.2 Å². The molecule has 0 aliphatic heterocycles. The van der Waals surface area contributed by atoms with Crippen LogP contribution in [0.4, 0.5) is 0 Å². The molecule has 1 N–H and O–H groups in total. The van der Waals surface area contributed by atoms with Crippen molar-refractivity contribution in [2.75, 3.05) is 26.2 Å². The van der Waals surface area contributed by atoms with Gasteiger partial charge in [-0.2, -0.15) is 4.31 Å². The van der Waals surface area contributed by atoms with Gasteiger partial charge in [-0.15, -0.1) is 0 Å². The summed E-state index contributed by atoms with van der Waals surface area (Å²) in [5.41, 5.74) is 0.0909. The van der Waals surface area contributed by atoms with Gasteiger partial charge in [0.2, 0.25) is 10.0 Å². The van der Waals surface area contributed by atoms with Gasteiger partial charge in [-0.05, 0) is 30.5 Å². The molecule has 1 aromatic rings. The molecule has 0 saturated carbocycles. The van der Waals surface area contributed by atoms with Crippen molar-refractivity contribution in [3.8, 4) is 0 Å². The molecule has 0 atom stereocenters. The number of amides is 1. The summed E-state index contributed by atoms with van der Waals surface area (Å²) in [6, 6.07) is 5.64. The van der Waals surface area contributed by atoms with Crippen LogP contribution in [0.15, 0.2) is 29.2 Å². The number of sulfonamides is 1. The molecular weight excluding hydrogens is 356 g/mol. The standard InChI is InChI=1S/C18H28N2O5S/c1-5-20(6-2)26(23,24)16-9-7-8-15(12-16)18(22)25-13-17(21)19-11-10-14(3)4/h7-9,12,14H,5-6,10-11,13H2,1-4H3,(H,19,21). The average molecular weight is 384 g/mol. The number of hydrogen-bond acceptors (Lipinski definition) is 5. The van der Waals surface area contributed by atoms with E-state index in [1.807, 2.05) is 13.8 Å². The van der Waals surface area contributed by atoms with Crippen molar-refractivity contribution in [1.82, 2.24) is 9.62 Å². The Labute approximate surface area is 155 Å². The van der Waals surface area contributed by atoms with Gasteiger partial charge >= 0.3 is 5.97 Å². The van der Waals surface area contributed by atoms with Gasteiger partial charge in [0.1, 0.15) is 0 Å². The van der Waals surface area contributed by atoms with Gasteiger partial charge in [0.05, 0.1) is 10.5 Å². The molecule has 1 rings (SSSR count). The second-order valence-electron chi connectivity index (χ2n) is 6.23. The van der Waals surface area contributed by atoms with Crippen LogP contribution >= 0.6 is 0 Å². The highest BCUT2D eigenvalue weighted by Gasteiger charge is 2.23. The van der Waals surface area contributed by atoms with E-state index in [9.17, 15) is 18.0 Å². The summed E-state index contributed by atoms with van der Waals surface area (Å²) < 4.78 is 31.3. The fraction of sp³-hybridized carbons (Fsp3) is 0.556. The minimum absolute atomic E-state index is 0.0250. The summed E-state index contributed by atoms with van der Waals surface area (Å²) in [7, 11) is -3.66. The van der Waals surface area contributed by atoms with Gasteiger partial charge in [-0.1, -0.05) is 33.8 Å². The van der Waals surface area contributed by atoms with E-state index in [0.29, 0.717) is 25.6 Å². The van der Waals surface area contributed by atoms with Crippen LogP contribution in [0.1, 0.15) is 44.5 Å². The van der Waals surface area contributed by atoms with Crippen LogP contribution in [0.3, 0.4) is 0 Å². The van der Waals surface area contributed by atoms with E-state index in [4.69, 9.17) is 4.74 Å². The second kappa shape index (κ2) is 10.3. The number of ether oxygens (including phenoxy) is 1. The topological polar surface area (TPSA) is 92.8 Å². The van der Waals surface area contributed by atoms with Crippen LogP contribution in [0.5, 0.6) is 0 Å². The minimum Gasteiger partial charge on any atom is -0.452 e. The Hall–Kier alpha value is -1.93. The molecule has 0 aromatic heterocycles. The van der Waals surface area contributed by atoms with Gasteiger partial charge in [0, 0.05) is 19.6 Å². The molecular formula is C18H28N2O5S. The van der Waals surface area contributed by atoms with Crippen molar-refractivity contribution in [3.05, 3.63) is 29.8 Å². The first-order valence-electron chi connectivity index (χ1n) is 8.76. The number of hydrogen-bond donors (Lipinski definition) is 1. The van der Waals surface area contributed by atoms with E-state index < -0.39 is 22.6 Å². The first-order chi connectivity index (χ1) is 12.2. The number of nitrogens with one attached hydrogen (secondary N) is 1. The summed E-state index contributed by atoms with van der Waals surface area (Å²) in [6.07, 6.45) is 0.838. The van der Waals surface area contributed by atoms with Gasteiger partial charge in [0.25, 0.3) is 5.91 Å². The molecule has 7 nitrogen and oxygen atoms in total. The van der Waals surface area contributed by atoms with Crippen LogP contribution in [-0.2, 0) is 19.6 Å². The van der Waals surface area contributed by atoms with Gasteiger partial charge in [-0.3, -0.25) is 4.79 Å². The van der Waals surface area contributed by atoms with E-state index in [1.165, 1.54) is 28.6 Å². The highest BCUT2D eigenvalue weighted by molar-refractivity contribution is 7.89. The van der Waals surface area contributed by atoms with Crippen molar-refractivity contribution in [1.29, 1.82) is 0 Å². The number of esters is 1. The second-order valence-corrected chi connectivity index (χ2v) is 8.16. The quantitative estimate of drug-likeness (QED) is 0.623. The van der Waals surface area contributed by atoms with Crippen LogP contribution in [0.25, 0.3) is 0 Å². The average Bonchev–Trinajstić information content (AvgIpc) is 2.60. The molecule has 0 unspecified atom stereocenters. The highest BCUT2D eigenvalue weighted by Crippen LogP contribution is 2.17. The third kappa shape index (κ3) is 6.42. The number of carbonyl (C=O) groups is 2. The first kappa shape index (κ1) is 22.1. The van der Waals surface area contributed by atoms with Gasteiger partial charge in [0.15, 0.2) is 6.61 Å². The number of carbonyl (C=O) groups excluding carboxylic acids is 2. The van der Waals surface area contributed by atoms with Crippen LogP contribution in [0, 0.1) is 5.92 Å². The lowest BCUT2D eigenvalue weighted by molar-refractivity contribution is -0.124. The number of benzene rings is 1.